The quantitative estimate of drug-likeness (QED) is 0.494. The van der Waals surface area contributed by atoms with Gasteiger partial charge in [0.2, 0.25) is 0 Å². The maximum Gasteiger partial charge on any atom is 0.190 e. The number of nitrogens with one attached hydrogen (secondary N) is 2. The predicted molar refractivity (Wildman–Crippen MR) is 87.9 cm³/mol. The lowest BCUT2D eigenvalue weighted by atomic mass is 9.92. The zero-order chi connectivity index (χ0) is 12.3. The second-order valence-electron chi connectivity index (χ2n) is 4.77. The standard InChI is InChI=1S/C14H21N3.HI/c1-11-6-4-5-7-12(11)14(8-9-14)10-17-13(15-2)16-3;/h4-7H,8-10H2,1-3H3,(H2,15,16,17);1H. The van der Waals surface area contributed by atoms with E-state index < -0.39 is 0 Å². The van der Waals surface area contributed by atoms with Crippen molar-refractivity contribution < 1.29 is 0 Å². The molecule has 0 amide bonds. The van der Waals surface area contributed by atoms with E-state index in [1.54, 1.807) is 7.05 Å². The van der Waals surface area contributed by atoms with E-state index in [9.17, 15) is 0 Å². The van der Waals surface area contributed by atoms with Crippen LogP contribution in [0.1, 0.15) is 24.0 Å². The summed E-state index contributed by atoms with van der Waals surface area (Å²) in [7, 11) is 3.69. The van der Waals surface area contributed by atoms with Gasteiger partial charge in [-0.05, 0) is 30.9 Å². The van der Waals surface area contributed by atoms with Gasteiger partial charge >= 0.3 is 0 Å². The molecule has 0 heterocycles. The van der Waals surface area contributed by atoms with Crippen LogP contribution in [-0.4, -0.2) is 26.6 Å². The number of rotatable bonds is 3. The first-order valence-corrected chi connectivity index (χ1v) is 6.16. The highest BCUT2D eigenvalue weighted by Gasteiger charge is 2.44. The van der Waals surface area contributed by atoms with Crippen LogP contribution in [0.25, 0.3) is 0 Å². The first-order valence-electron chi connectivity index (χ1n) is 6.16. The number of halogens is 1. The zero-order valence-corrected chi connectivity index (χ0v) is 13.6. The summed E-state index contributed by atoms with van der Waals surface area (Å²) in [6.45, 7) is 3.16. The minimum Gasteiger partial charge on any atom is -0.359 e. The van der Waals surface area contributed by atoms with Crippen LogP contribution in [0.3, 0.4) is 0 Å². The van der Waals surface area contributed by atoms with Crippen LogP contribution in [0.4, 0.5) is 0 Å². The number of aryl methyl sites for hydroxylation is 1. The Bertz CT molecular complexity index is 425. The Morgan fingerprint density at radius 3 is 2.50 bits per heavy atom. The smallest absolute Gasteiger partial charge is 0.190 e. The fraction of sp³-hybridized carbons (Fsp3) is 0.500. The molecule has 0 saturated heterocycles. The number of nitrogens with zero attached hydrogens (tertiary/aromatic N) is 1. The van der Waals surface area contributed by atoms with Gasteiger partial charge in [0.25, 0.3) is 0 Å². The largest absolute Gasteiger partial charge is 0.359 e. The molecule has 1 aliphatic rings. The Kier molecular flexibility index (Phi) is 5.44. The Labute approximate surface area is 126 Å². The van der Waals surface area contributed by atoms with Crippen LogP contribution >= 0.6 is 24.0 Å². The minimum atomic E-state index is 0. The Hall–Kier alpha value is -0.780. The molecule has 1 aliphatic carbocycles. The number of hydrogen-bond donors (Lipinski definition) is 2. The van der Waals surface area contributed by atoms with Gasteiger partial charge in [0, 0.05) is 26.1 Å². The Morgan fingerprint density at radius 2 is 2.00 bits per heavy atom. The van der Waals surface area contributed by atoms with Crippen molar-refractivity contribution in [1.82, 2.24) is 10.6 Å². The Morgan fingerprint density at radius 1 is 1.33 bits per heavy atom. The summed E-state index contributed by atoms with van der Waals surface area (Å²) in [6, 6.07) is 8.69. The normalized spacial score (nSPS) is 16.7. The molecule has 1 fully saturated rings. The molecule has 3 nitrogen and oxygen atoms in total. The molecule has 0 unspecified atom stereocenters. The van der Waals surface area contributed by atoms with E-state index in [2.05, 4.69) is 46.8 Å². The predicted octanol–water partition coefficient (Wildman–Crippen LogP) is 2.44. The molecule has 0 spiro atoms. The van der Waals surface area contributed by atoms with Crippen molar-refractivity contribution in [3.8, 4) is 0 Å². The Balaban J connectivity index is 0.00000162. The molecule has 0 aromatic heterocycles. The molecule has 1 aromatic carbocycles. The summed E-state index contributed by atoms with van der Waals surface area (Å²) in [5.74, 6) is 0.866. The van der Waals surface area contributed by atoms with Gasteiger partial charge in [-0.15, -0.1) is 24.0 Å². The van der Waals surface area contributed by atoms with Gasteiger partial charge in [0.1, 0.15) is 0 Å². The maximum absolute atomic E-state index is 4.15. The molecule has 1 saturated carbocycles. The molecular formula is C14H22IN3. The molecule has 18 heavy (non-hydrogen) atoms. The molecule has 0 aliphatic heterocycles. The highest BCUT2D eigenvalue weighted by Crippen LogP contribution is 2.48. The summed E-state index contributed by atoms with van der Waals surface area (Å²) < 4.78 is 0. The second-order valence-corrected chi connectivity index (χ2v) is 4.77. The minimum absolute atomic E-state index is 0. The number of hydrogen-bond acceptors (Lipinski definition) is 1. The fourth-order valence-electron chi connectivity index (χ4n) is 2.39. The molecular weight excluding hydrogens is 337 g/mol. The average molecular weight is 359 g/mol. The van der Waals surface area contributed by atoms with E-state index in [1.807, 2.05) is 7.05 Å². The highest BCUT2D eigenvalue weighted by atomic mass is 127. The number of benzene rings is 1. The van der Waals surface area contributed by atoms with Crippen LogP contribution in [0.2, 0.25) is 0 Å². The summed E-state index contributed by atoms with van der Waals surface area (Å²) in [6.07, 6.45) is 2.54. The van der Waals surface area contributed by atoms with E-state index in [-0.39, 0.29) is 24.0 Å². The van der Waals surface area contributed by atoms with Gasteiger partial charge in [-0.2, -0.15) is 0 Å². The van der Waals surface area contributed by atoms with Crippen molar-refractivity contribution in [2.75, 3.05) is 20.6 Å². The zero-order valence-electron chi connectivity index (χ0n) is 11.3. The van der Waals surface area contributed by atoms with Gasteiger partial charge in [0.05, 0.1) is 0 Å². The third-order valence-corrected chi connectivity index (χ3v) is 3.62. The van der Waals surface area contributed by atoms with Crippen molar-refractivity contribution in [3.63, 3.8) is 0 Å². The molecule has 100 valence electrons. The van der Waals surface area contributed by atoms with Crippen LogP contribution in [0.15, 0.2) is 29.3 Å². The van der Waals surface area contributed by atoms with Gasteiger partial charge < -0.3 is 10.6 Å². The van der Waals surface area contributed by atoms with Gasteiger partial charge in [-0.25, -0.2) is 0 Å². The summed E-state index contributed by atoms with van der Waals surface area (Å²) >= 11 is 0. The van der Waals surface area contributed by atoms with Crippen LogP contribution in [-0.2, 0) is 5.41 Å². The third kappa shape index (κ3) is 3.16. The molecule has 0 bridgehead atoms. The van der Waals surface area contributed by atoms with E-state index >= 15 is 0 Å². The van der Waals surface area contributed by atoms with Crippen LogP contribution in [0.5, 0.6) is 0 Å². The maximum atomic E-state index is 4.15. The second kappa shape index (κ2) is 6.41. The van der Waals surface area contributed by atoms with E-state index in [4.69, 9.17) is 0 Å². The van der Waals surface area contributed by atoms with E-state index in [0.29, 0.717) is 5.41 Å². The van der Waals surface area contributed by atoms with Gasteiger partial charge in [-0.3, -0.25) is 4.99 Å². The van der Waals surface area contributed by atoms with Crippen molar-refractivity contribution >= 4 is 29.9 Å². The number of guanidine groups is 1. The summed E-state index contributed by atoms with van der Waals surface area (Å²) in [5, 5.41) is 6.44. The first kappa shape index (κ1) is 15.3. The van der Waals surface area contributed by atoms with E-state index in [1.165, 1.54) is 24.0 Å². The molecule has 1 aromatic rings. The lowest BCUT2D eigenvalue weighted by Crippen LogP contribution is -2.39. The molecule has 2 rings (SSSR count). The van der Waals surface area contributed by atoms with Crippen molar-refractivity contribution in [2.24, 2.45) is 4.99 Å². The van der Waals surface area contributed by atoms with Gasteiger partial charge in [-0.1, -0.05) is 24.3 Å². The summed E-state index contributed by atoms with van der Waals surface area (Å²) in [4.78, 5) is 4.15. The van der Waals surface area contributed by atoms with Crippen molar-refractivity contribution in [2.45, 2.75) is 25.2 Å². The van der Waals surface area contributed by atoms with E-state index in [0.717, 1.165) is 12.5 Å². The lowest BCUT2D eigenvalue weighted by Gasteiger charge is -2.20. The monoisotopic (exact) mass is 359 g/mol. The first-order chi connectivity index (χ1) is 8.22. The van der Waals surface area contributed by atoms with Gasteiger partial charge in [0.15, 0.2) is 5.96 Å². The summed E-state index contributed by atoms with van der Waals surface area (Å²) in [5.41, 5.74) is 3.21. The van der Waals surface area contributed by atoms with Crippen LogP contribution < -0.4 is 10.6 Å². The number of aliphatic imine (C=N–C) groups is 1. The van der Waals surface area contributed by atoms with Crippen molar-refractivity contribution in [1.29, 1.82) is 0 Å². The third-order valence-electron chi connectivity index (χ3n) is 3.62. The average Bonchev–Trinajstić information content (AvgIpc) is 3.12. The van der Waals surface area contributed by atoms with Crippen LogP contribution in [0, 0.1) is 6.92 Å². The molecule has 0 radical (unpaired) electrons. The molecule has 2 N–H and O–H groups in total. The topological polar surface area (TPSA) is 36.4 Å². The SMILES string of the molecule is CN=C(NC)NCC1(c2ccccc2C)CC1.I. The molecule has 0 atom stereocenters. The molecule has 4 heteroatoms. The highest BCUT2D eigenvalue weighted by molar-refractivity contribution is 14.0. The van der Waals surface area contributed by atoms with Crippen molar-refractivity contribution in [3.05, 3.63) is 35.4 Å². The lowest BCUT2D eigenvalue weighted by molar-refractivity contribution is 0.647. The fourth-order valence-corrected chi connectivity index (χ4v) is 2.39.